The summed E-state index contributed by atoms with van der Waals surface area (Å²) >= 11 is 0. The lowest BCUT2D eigenvalue weighted by Gasteiger charge is -2.19. The van der Waals surface area contributed by atoms with Gasteiger partial charge in [-0.1, -0.05) is 0 Å². The second-order valence-corrected chi connectivity index (χ2v) is 4.30. The van der Waals surface area contributed by atoms with Crippen LogP contribution in [0.2, 0.25) is 0 Å². The zero-order chi connectivity index (χ0) is 10.8. The van der Waals surface area contributed by atoms with Gasteiger partial charge in [0.05, 0.1) is 11.8 Å². The maximum atomic E-state index is 11.9. The van der Waals surface area contributed by atoms with Gasteiger partial charge < -0.3 is 15.3 Å². The quantitative estimate of drug-likeness (QED) is 0.649. The van der Waals surface area contributed by atoms with Gasteiger partial charge in [0.15, 0.2) is 0 Å². The van der Waals surface area contributed by atoms with Crippen LogP contribution in [0, 0.1) is 11.8 Å². The van der Waals surface area contributed by atoms with Crippen LogP contribution in [0.1, 0.15) is 12.8 Å². The predicted octanol–water partition coefficient (Wildman–Crippen LogP) is -0.471. The zero-order valence-corrected chi connectivity index (χ0v) is 8.61. The van der Waals surface area contributed by atoms with Gasteiger partial charge in [0.25, 0.3) is 0 Å². The topological polar surface area (TPSA) is 69.6 Å². The number of amides is 1. The lowest BCUT2D eigenvalue weighted by atomic mass is 10.1. The van der Waals surface area contributed by atoms with E-state index in [4.69, 9.17) is 5.11 Å². The summed E-state index contributed by atoms with van der Waals surface area (Å²) in [6, 6.07) is 0. The zero-order valence-electron chi connectivity index (χ0n) is 8.61. The summed E-state index contributed by atoms with van der Waals surface area (Å²) in [4.78, 5) is 24.4. The molecule has 0 spiro atoms. The minimum absolute atomic E-state index is 0.0672. The van der Waals surface area contributed by atoms with Crippen molar-refractivity contribution in [2.45, 2.75) is 12.8 Å². The molecule has 0 saturated carbocycles. The van der Waals surface area contributed by atoms with Crippen LogP contribution in [0.4, 0.5) is 0 Å². The average molecular weight is 212 g/mol. The molecular formula is C10H16N2O3. The maximum absolute atomic E-state index is 11.9. The standard InChI is InChI=1S/C10H16N2O3/c13-9(7-1-3-11-5-7)12-4-2-8(6-12)10(14)15/h7-8,11H,1-6H2,(H,14,15)/t7-,8+/m1/s1. The minimum Gasteiger partial charge on any atom is -0.481 e. The predicted molar refractivity (Wildman–Crippen MR) is 53.3 cm³/mol. The van der Waals surface area contributed by atoms with E-state index in [1.54, 1.807) is 4.90 Å². The number of rotatable bonds is 2. The van der Waals surface area contributed by atoms with Gasteiger partial charge in [-0.2, -0.15) is 0 Å². The Bertz CT molecular complexity index is 274. The number of carboxylic acid groups (broad SMARTS) is 1. The van der Waals surface area contributed by atoms with E-state index >= 15 is 0 Å². The van der Waals surface area contributed by atoms with Crippen LogP contribution in [0.15, 0.2) is 0 Å². The van der Waals surface area contributed by atoms with E-state index in [-0.39, 0.29) is 17.7 Å². The number of hydrogen-bond acceptors (Lipinski definition) is 3. The van der Waals surface area contributed by atoms with Gasteiger partial charge in [-0.05, 0) is 19.4 Å². The molecule has 0 aliphatic carbocycles. The van der Waals surface area contributed by atoms with E-state index in [0.717, 1.165) is 19.5 Å². The number of hydrogen-bond donors (Lipinski definition) is 2. The minimum atomic E-state index is -0.783. The fourth-order valence-corrected chi connectivity index (χ4v) is 2.29. The van der Waals surface area contributed by atoms with E-state index in [2.05, 4.69) is 5.32 Å². The van der Waals surface area contributed by atoms with Gasteiger partial charge in [-0.3, -0.25) is 9.59 Å². The molecule has 0 aromatic heterocycles. The van der Waals surface area contributed by atoms with E-state index in [9.17, 15) is 9.59 Å². The first-order chi connectivity index (χ1) is 7.18. The van der Waals surface area contributed by atoms with Crippen molar-refractivity contribution in [2.75, 3.05) is 26.2 Å². The fraction of sp³-hybridized carbons (Fsp3) is 0.800. The van der Waals surface area contributed by atoms with Crippen LogP contribution >= 0.6 is 0 Å². The summed E-state index contributed by atoms with van der Waals surface area (Å²) in [5.74, 6) is -0.945. The van der Waals surface area contributed by atoms with Crippen LogP contribution in [-0.4, -0.2) is 48.1 Å². The average Bonchev–Trinajstić information content (AvgIpc) is 2.88. The number of nitrogens with zero attached hydrogens (tertiary/aromatic N) is 1. The second-order valence-electron chi connectivity index (χ2n) is 4.30. The van der Waals surface area contributed by atoms with E-state index < -0.39 is 5.97 Å². The largest absolute Gasteiger partial charge is 0.481 e. The number of likely N-dealkylation sites (tertiary alicyclic amines) is 1. The van der Waals surface area contributed by atoms with Crippen molar-refractivity contribution in [1.29, 1.82) is 0 Å². The molecule has 15 heavy (non-hydrogen) atoms. The van der Waals surface area contributed by atoms with Gasteiger partial charge in [-0.25, -0.2) is 0 Å². The Morgan fingerprint density at radius 1 is 1.27 bits per heavy atom. The molecule has 2 aliphatic heterocycles. The molecule has 0 aromatic carbocycles. The van der Waals surface area contributed by atoms with Gasteiger partial charge in [-0.15, -0.1) is 0 Å². The molecule has 2 saturated heterocycles. The van der Waals surface area contributed by atoms with Crippen molar-refractivity contribution >= 4 is 11.9 Å². The molecule has 2 rings (SSSR count). The Labute approximate surface area is 88.4 Å². The fourth-order valence-electron chi connectivity index (χ4n) is 2.29. The number of carbonyl (C=O) groups excluding carboxylic acids is 1. The summed E-state index contributed by atoms with van der Waals surface area (Å²) in [5.41, 5.74) is 0. The Hall–Kier alpha value is -1.10. The van der Waals surface area contributed by atoms with Crippen molar-refractivity contribution in [2.24, 2.45) is 11.8 Å². The Kier molecular flexibility index (Phi) is 2.90. The first-order valence-corrected chi connectivity index (χ1v) is 5.41. The van der Waals surface area contributed by atoms with Crippen molar-refractivity contribution in [3.63, 3.8) is 0 Å². The molecule has 2 N–H and O–H groups in total. The highest BCUT2D eigenvalue weighted by Gasteiger charge is 2.34. The number of carbonyl (C=O) groups is 2. The highest BCUT2D eigenvalue weighted by atomic mass is 16.4. The summed E-state index contributed by atoms with van der Waals surface area (Å²) in [6.07, 6.45) is 1.48. The highest BCUT2D eigenvalue weighted by Crippen LogP contribution is 2.20. The Morgan fingerprint density at radius 2 is 2.07 bits per heavy atom. The van der Waals surface area contributed by atoms with Crippen molar-refractivity contribution < 1.29 is 14.7 Å². The van der Waals surface area contributed by atoms with Gasteiger partial charge in [0, 0.05) is 19.6 Å². The Morgan fingerprint density at radius 3 is 2.60 bits per heavy atom. The molecule has 5 nitrogen and oxygen atoms in total. The van der Waals surface area contributed by atoms with Crippen LogP contribution < -0.4 is 5.32 Å². The molecule has 5 heteroatoms. The van der Waals surface area contributed by atoms with Gasteiger partial charge in [0.1, 0.15) is 0 Å². The third kappa shape index (κ3) is 2.12. The molecule has 1 amide bonds. The third-order valence-electron chi connectivity index (χ3n) is 3.26. The highest BCUT2D eigenvalue weighted by molar-refractivity contribution is 5.81. The first kappa shape index (κ1) is 10.4. The number of carboxylic acids is 1. The van der Waals surface area contributed by atoms with E-state index in [1.807, 2.05) is 0 Å². The second kappa shape index (κ2) is 4.18. The molecule has 2 fully saturated rings. The van der Waals surface area contributed by atoms with Gasteiger partial charge >= 0.3 is 5.97 Å². The molecule has 0 aromatic rings. The third-order valence-corrected chi connectivity index (χ3v) is 3.26. The smallest absolute Gasteiger partial charge is 0.308 e. The van der Waals surface area contributed by atoms with Crippen molar-refractivity contribution in [1.82, 2.24) is 10.2 Å². The maximum Gasteiger partial charge on any atom is 0.308 e. The number of nitrogens with one attached hydrogen (secondary N) is 1. The summed E-state index contributed by atoms with van der Waals surface area (Å²) in [5, 5.41) is 12.0. The van der Waals surface area contributed by atoms with Gasteiger partial charge in [0.2, 0.25) is 5.91 Å². The summed E-state index contributed by atoms with van der Waals surface area (Å²) < 4.78 is 0. The van der Waals surface area contributed by atoms with Crippen LogP contribution in [0.5, 0.6) is 0 Å². The molecule has 84 valence electrons. The summed E-state index contributed by atoms with van der Waals surface area (Å²) in [7, 11) is 0. The Balaban J connectivity index is 1.89. The molecule has 0 unspecified atom stereocenters. The van der Waals surface area contributed by atoms with Crippen molar-refractivity contribution in [3.8, 4) is 0 Å². The van der Waals surface area contributed by atoms with E-state index in [0.29, 0.717) is 19.5 Å². The molecule has 0 bridgehead atoms. The molecule has 0 radical (unpaired) electrons. The van der Waals surface area contributed by atoms with Crippen LogP contribution in [0.3, 0.4) is 0 Å². The SMILES string of the molecule is O=C(O)[C@H]1CCN(C(=O)[C@@H]2CCNC2)C1. The molecule has 2 heterocycles. The first-order valence-electron chi connectivity index (χ1n) is 5.41. The van der Waals surface area contributed by atoms with Crippen LogP contribution in [-0.2, 0) is 9.59 Å². The monoisotopic (exact) mass is 212 g/mol. The summed E-state index contributed by atoms with van der Waals surface area (Å²) in [6.45, 7) is 2.64. The lowest BCUT2D eigenvalue weighted by molar-refractivity contribution is -0.141. The van der Waals surface area contributed by atoms with E-state index in [1.165, 1.54) is 0 Å². The van der Waals surface area contributed by atoms with Crippen molar-refractivity contribution in [3.05, 3.63) is 0 Å². The molecule has 2 aliphatic rings. The number of aliphatic carboxylic acids is 1. The van der Waals surface area contributed by atoms with Crippen LogP contribution in [0.25, 0.3) is 0 Å². The molecule has 2 atom stereocenters. The normalized spacial score (nSPS) is 30.8. The molecular weight excluding hydrogens is 196 g/mol. The lowest BCUT2D eigenvalue weighted by Crippen LogP contribution is -2.36.